The maximum absolute atomic E-state index is 12.9. The van der Waals surface area contributed by atoms with Gasteiger partial charge in [-0.05, 0) is 56.3 Å². The van der Waals surface area contributed by atoms with Gasteiger partial charge in [-0.15, -0.1) is 0 Å². The molecule has 4 aliphatic carbocycles. The van der Waals surface area contributed by atoms with Crippen molar-refractivity contribution in [1.82, 2.24) is 14.6 Å². The van der Waals surface area contributed by atoms with Crippen molar-refractivity contribution in [3.63, 3.8) is 0 Å². The second-order valence-electron chi connectivity index (χ2n) is 8.05. The number of carbonyl (C=O) groups is 1. The van der Waals surface area contributed by atoms with Crippen LogP contribution in [-0.4, -0.2) is 15.0 Å². The van der Waals surface area contributed by atoms with Gasteiger partial charge in [0.1, 0.15) is 5.82 Å². The third kappa shape index (κ3) is 2.29. The van der Waals surface area contributed by atoms with Gasteiger partial charge >= 0.3 is 5.69 Å². The molecule has 0 aromatic carbocycles. The van der Waals surface area contributed by atoms with E-state index in [-0.39, 0.29) is 11.3 Å². The molecule has 4 aliphatic rings. The zero-order valence-electron chi connectivity index (χ0n) is 14.2. The van der Waals surface area contributed by atoms with E-state index in [0.717, 1.165) is 23.8 Å². The van der Waals surface area contributed by atoms with Crippen LogP contribution in [0.15, 0.2) is 15.7 Å². The number of rotatable bonds is 3. The standard InChI is InChI=1S/C17H24N4O3/c1-20-13(6-14(22)21(2)16(20)24)18-19-15(23)17-7-10-3-11(8-17)5-12(4-10)9-17/h6,10-12,18H,3-5,7-9H2,1-2H3,(H,19,23). The van der Waals surface area contributed by atoms with Crippen molar-refractivity contribution in [1.29, 1.82) is 0 Å². The first-order chi connectivity index (χ1) is 11.4. The van der Waals surface area contributed by atoms with Crippen molar-refractivity contribution in [2.24, 2.45) is 37.3 Å². The minimum Gasteiger partial charge on any atom is -0.283 e. The van der Waals surface area contributed by atoms with E-state index in [1.165, 1.54) is 36.9 Å². The second kappa shape index (κ2) is 5.22. The van der Waals surface area contributed by atoms with Crippen LogP contribution in [0, 0.1) is 23.2 Å². The molecule has 0 radical (unpaired) electrons. The molecular formula is C17H24N4O3. The highest BCUT2D eigenvalue weighted by Gasteiger charge is 2.54. The minimum atomic E-state index is -0.422. The Morgan fingerprint density at radius 2 is 1.58 bits per heavy atom. The number of nitrogens with one attached hydrogen (secondary N) is 2. The monoisotopic (exact) mass is 332 g/mol. The van der Waals surface area contributed by atoms with Gasteiger partial charge in [-0.2, -0.15) is 0 Å². The fourth-order valence-corrected chi connectivity index (χ4v) is 5.49. The molecule has 1 aromatic rings. The Kier molecular flexibility index (Phi) is 3.37. The SMILES string of the molecule is Cn1c(NNC(=O)C23CC4CC(CC(C4)C2)C3)cc(=O)n(C)c1=O. The number of hydrogen-bond acceptors (Lipinski definition) is 4. The van der Waals surface area contributed by atoms with Crippen molar-refractivity contribution in [2.75, 3.05) is 5.43 Å². The van der Waals surface area contributed by atoms with Gasteiger partial charge in [0.25, 0.3) is 5.56 Å². The van der Waals surface area contributed by atoms with Crippen molar-refractivity contribution in [2.45, 2.75) is 38.5 Å². The van der Waals surface area contributed by atoms with E-state index in [1.54, 1.807) is 7.05 Å². The topological polar surface area (TPSA) is 85.1 Å². The van der Waals surface area contributed by atoms with Crippen LogP contribution >= 0.6 is 0 Å². The summed E-state index contributed by atoms with van der Waals surface area (Å²) in [6.45, 7) is 0. The Hall–Kier alpha value is -2.05. The third-order valence-corrected chi connectivity index (χ3v) is 6.35. The van der Waals surface area contributed by atoms with Gasteiger partial charge in [0.15, 0.2) is 0 Å². The summed E-state index contributed by atoms with van der Waals surface area (Å²) >= 11 is 0. The van der Waals surface area contributed by atoms with Crippen LogP contribution in [0.5, 0.6) is 0 Å². The molecule has 130 valence electrons. The first-order valence-electron chi connectivity index (χ1n) is 8.71. The molecule has 0 spiro atoms. The van der Waals surface area contributed by atoms with Crippen molar-refractivity contribution in [3.8, 4) is 0 Å². The first kappa shape index (κ1) is 15.5. The van der Waals surface area contributed by atoms with Crippen molar-refractivity contribution < 1.29 is 4.79 Å². The van der Waals surface area contributed by atoms with Crippen LogP contribution in [0.1, 0.15) is 38.5 Å². The summed E-state index contributed by atoms with van der Waals surface area (Å²) in [6.07, 6.45) is 6.77. The minimum absolute atomic E-state index is 0.00901. The third-order valence-electron chi connectivity index (χ3n) is 6.35. The molecule has 4 fully saturated rings. The summed E-state index contributed by atoms with van der Waals surface area (Å²) in [7, 11) is 3.00. The maximum atomic E-state index is 12.9. The number of hydrazine groups is 1. The number of anilines is 1. The predicted molar refractivity (Wildman–Crippen MR) is 89.3 cm³/mol. The molecule has 2 N–H and O–H groups in total. The van der Waals surface area contributed by atoms with Crippen LogP contribution in [-0.2, 0) is 18.9 Å². The van der Waals surface area contributed by atoms with E-state index in [4.69, 9.17) is 0 Å². The smallest absolute Gasteiger partial charge is 0.283 e. The van der Waals surface area contributed by atoms with E-state index in [9.17, 15) is 14.4 Å². The average molecular weight is 332 g/mol. The van der Waals surface area contributed by atoms with E-state index < -0.39 is 11.2 Å². The number of amides is 1. The molecule has 0 atom stereocenters. The highest BCUT2D eigenvalue weighted by molar-refractivity contribution is 5.84. The number of aromatic nitrogens is 2. The lowest BCUT2D eigenvalue weighted by Gasteiger charge is -2.55. The lowest BCUT2D eigenvalue weighted by atomic mass is 9.49. The van der Waals surface area contributed by atoms with Crippen LogP contribution in [0.3, 0.4) is 0 Å². The summed E-state index contributed by atoms with van der Waals surface area (Å²) in [5.41, 5.74) is 4.49. The summed E-state index contributed by atoms with van der Waals surface area (Å²) in [6, 6.07) is 1.32. The maximum Gasteiger partial charge on any atom is 0.332 e. The van der Waals surface area contributed by atoms with Gasteiger partial charge in [0.2, 0.25) is 5.91 Å². The Balaban J connectivity index is 1.52. The highest BCUT2D eigenvalue weighted by Crippen LogP contribution is 2.60. The van der Waals surface area contributed by atoms with Crippen molar-refractivity contribution in [3.05, 3.63) is 26.9 Å². The van der Waals surface area contributed by atoms with Crippen LogP contribution in [0.4, 0.5) is 5.82 Å². The molecule has 1 amide bonds. The molecule has 0 aliphatic heterocycles. The zero-order valence-corrected chi connectivity index (χ0v) is 14.2. The molecule has 24 heavy (non-hydrogen) atoms. The molecule has 7 heteroatoms. The molecule has 5 rings (SSSR count). The fraction of sp³-hybridized carbons (Fsp3) is 0.706. The molecule has 1 heterocycles. The predicted octanol–water partition coefficient (Wildman–Crippen LogP) is 0.743. The quantitative estimate of drug-likeness (QED) is 0.800. The molecule has 0 saturated heterocycles. The molecule has 7 nitrogen and oxygen atoms in total. The van der Waals surface area contributed by atoms with Gasteiger partial charge in [-0.25, -0.2) is 4.79 Å². The van der Waals surface area contributed by atoms with Crippen LogP contribution in [0.2, 0.25) is 0 Å². The Bertz CT molecular complexity index is 772. The number of carbonyl (C=O) groups excluding carboxylic acids is 1. The van der Waals surface area contributed by atoms with Gasteiger partial charge in [-0.1, -0.05) is 0 Å². The van der Waals surface area contributed by atoms with E-state index in [2.05, 4.69) is 10.9 Å². The Labute approximate surface area is 140 Å². The first-order valence-corrected chi connectivity index (χ1v) is 8.71. The van der Waals surface area contributed by atoms with Gasteiger partial charge < -0.3 is 0 Å². The summed E-state index contributed by atoms with van der Waals surface area (Å²) < 4.78 is 2.35. The summed E-state index contributed by atoms with van der Waals surface area (Å²) in [5, 5.41) is 0. The van der Waals surface area contributed by atoms with Gasteiger partial charge in [0.05, 0.1) is 5.41 Å². The Morgan fingerprint density at radius 1 is 1.04 bits per heavy atom. The van der Waals surface area contributed by atoms with Gasteiger partial charge in [-0.3, -0.25) is 29.6 Å². The number of hydrogen-bond donors (Lipinski definition) is 2. The van der Waals surface area contributed by atoms with E-state index >= 15 is 0 Å². The largest absolute Gasteiger partial charge is 0.332 e. The zero-order chi connectivity index (χ0) is 17.1. The lowest BCUT2D eigenvalue weighted by molar-refractivity contribution is -0.145. The fourth-order valence-electron chi connectivity index (χ4n) is 5.49. The molecule has 4 saturated carbocycles. The van der Waals surface area contributed by atoms with E-state index in [0.29, 0.717) is 23.6 Å². The summed E-state index contributed by atoms with van der Waals surface area (Å²) in [4.78, 5) is 36.6. The Morgan fingerprint density at radius 3 is 2.12 bits per heavy atom. The van der Waals surface area contributed by atoms with E-state index in [1.807, 2.05) is 0 Å². The summed E-state index contributed by atoms with van der Waals surface area (Å²) in [5.74, 6) is 2.39. The normalized spacial score (nSPS) is 33.5. The van der Waals surface area contributed by atoms with Crippen LogP contribution < -0.4 is 22.1 Å². The molecular weight excluding hydrogens is 308 g/mol. The molecule has 4 bridgehead atoms. The highest BCUT2D eigenvalue weighted by atomic mass is 16.2. The van der Waals surface area contributed by atoms with Crippen molar-refractivity contribution >= 4 is 11.7 Å². The lowest BCUT2D eigenvalue weighted by Crippen LogP contribution is -2.54. The average Bonchev–Trinajstić information content (AvgIpc) is 2.53. The van der Waals surface area contributed by atoms with Gasteiger partial charge in [0, 0.05) is 20.2 Å². The molecule has 1 aromatic heterocycles. The van der Waals surface area contributed by atoms with Crippen LogP contribution in [0.25, 0.3) is 0 Å². The number of nitrogens with zero attached hydrogens (tertiary/aromatic N) is 2. The molecule has 0 unspecified atom stereocenters. The second-order valence-corrected chi connectivity index (χ2v) is 8.05.